The lowest BCUT2D eigenvalue weighted by Crippen LogP contribution is -2.27. The second-order valence-electron chi connectivity index (χ2n) is 6.10. The Morgan fingerprint density at radius 2 is 2.21 bits per heavy atom. The number of carboxylic acid groups (broad SMARTS) is 1. The fourth-order valence-corrected chi connectivity index (χ4v) is 3.63. The van der Waals surface area contributed by atoms with E-state index in [0.29, 0.717) is 11.7 Å². The Hall–Kier alpha value is -3.68. The van der Waals surface area contributed by atoms with Crippen LogP contribution >= 0.6 is 11.3 Å². The van der Waals surface area contributed by atoms with E-state index >= 15 is 0 Å². The van der Waals surface area contributed by atoms with Crippen LogP contribution < -0.4 is 10.7 Å². The van der Waals surface area contributed by atoms with Crippen LogP contribution in [0.3, 0.4) is 0 Å². The molecule has 148 valence electrons. The average molecular weight is 409 g/mol. The number of hydrazone groups is 1. The molecule has 1 aromatic carbocycles. The summed E-state index contributed by atoms with van der Waals surface area (Å²) in [5.74, 6) is 6.03. The largest absolute Gasteiger partial charge is 0.481 e. The number of benzene rings is 1. The van der Waals surface area contributed by atoms with Crippen LogP contribution in [-0.4, -0.2) is 46.2 Å². The predicted molar refractivity (Wildman–Crippen MR) is 113 cm³/mol. The number of carbonyl (C=O) groups is 1. The standard InChI is InChI=1S/C20H19N5O3S/c21-22-13-15-1-3-16(4-2-15)18-14-29-20(23-18)25(10-7-19(27)28)17-5-8-24(9-6-17)11-12-26/h1-6,8,11,13-14H,7,9-10,21H2,(H,27,28). The molecule has 0 saturated carbocycles. The molecule has 1 aliphatic heterocycles. The topological polar surface area (TPSA) is 112 Å². The van der Waals surface area contributed by atoms with Crippen LogP contribution in [0.2, 0.25) is 0 Å². The number of carbonyl (C=O) groups excluding carboxylic acids is 1. The predicted octanol–water partition coefficient (Wildman–Crippen LogP) is 2.44. The minimum atomic E-state index is -0.880. The molecule has 2 aromatic rings. The first kappa shape index (κ1) is 20.1. The highest BCUT2D eigenvalue weighted by Crippen LogP contribution is 2.30. The molecular formula is C20H19N5O3S. The van der Waals surface area contributed by atoms with Gasteiger partial charge < -0.3 is 20.7 Å². The highest BCUT2D eigenvalue weighted by Gasteiger charge is 2.18. The number of hydrogen-bond donors (Lipinski definition) is 2. The van der Waals surface area contributed by atoms with Crippen molar-refractivity contribution in [1.82, 2.24) is 9.88 Å². The van der Waals surface area contributed by atoms with Crippen LogP contribution in [0.15, 0.2) is 65.0 Å². The average Bonchev–Trinajstić information content (AvgIpc) is 3.20. The van der Waals surface area contributed by atoms with Gasteiger partial charge in [0, 0.05) is 35.9 Å². The second kappa shape index (κ2) is 9.50. The number of nitrogens with zero attached hydrogens (tertiary/aromatic N) is 4. The molecule has 8 nitrogen and oxygen atoms in total. The van der Waals surface area contributed by atoms with E-state index in [4.69, 9.17) is 15.9 Å². The minimum absolute atomic E-state index is 0.0227. The fraction of sp³-hybridized carbons (Fsp3) is 0.150. The number of hydrogen-bond acceptors (Lipinski definition) is 8. The molecule has 3 N–H and O–H groups in total. The van der Waals surface area contributed by atoms with Crippen molar-refractivity contribution in [3.8, 4) is 11.3 Å². The molecule has 0 spiro atoms. The van der Waals surface area contributed by atoms with Gasteiger partial charge in [-0.3, -0.25) is 4.79 Å². The van der Waals surface area contributed by atoms with Gasteiger partial charge in [-0.2, -0.15) is 5.10 Å². The Balaban J connectivity index is 1.84. The van der Waals surface area contributed by atoms with E-state index in [-0.39, 0.29) is 13.0 Å². The zero-order valence-electron chi connectivity index (χ0n) is 15.4. The molecule has 0 saturated heterocycles. The van der Waals surface area contributed by atoms with E-state index in [1.165, 1.54) is 17.5 Å². The maximum Gasteiger partial charge on any atom is 0.305 e. The Labute approximate surface area is 171 Å². The van der Waals surface area contributed by atoms with Gasteiger partial charge in [0.15, 0.2) is 5.13 Å². The molecule has 0 unspecified atom stereocenters. The molecule has 29 heavy (non-hydrogen) atoms. The van der Waals surface area contributed by atoms with Crippen LogP contribution in [0.5, 0.6) is 0 Å². The molecule has 3 rings (SSSR count). The maximum atomic E-state index is 11.1. The minimum Gasteiger partial charge on any atom is -0.481 e. The second-order valence-corrected chi connectivity index (χ2v) is 6.94. The number of allylic oxidation sites excluding steroid dienone is 1. The lowest BCUT2D eigenvalue weighted by atomic mass is 10.1. The molecule has 2 heterocycles. The summed E-state index contributed by atoms with van der Waals surface area (Å²) in [4.78, 5) is 29.9. The molecular weight excluding hydrogens is 390 g/mol. The Kier molecular flexibility index (Phi) is 6.57. The van der Waals surface area contributed by atoms with Crippen LogP contribution in [0, 0.1) is 0 Å². The molecule has 0 amide bonds. The Bertz CT molecular complexity index is 1000. The summed E-state index contributed by atoms with van der Waals surface area (Å²) in [6.45, 7) is 0.779. The van der Waals surface area contributed by atoms with Gasteiger partial charge >= 0.3 is 5.97 Å². The summed E-state index contributed by atoms with van der Waals surface area (Å²) in [5, 5.41) is 15.3. The third-order valence-corrected chi connectivity index (χ3v) is 5.04. The Morgan fingerprint density at radius 3 is 2.83 bits per heavy atom. The first-order chi connectivity index (χ1) is 14.1. The first-order valence-electron chi connectivity index (χ1n) is 8.74. The van der Waals surface area contributed by atoms with E-state index in [9.17, 15) is 9.59 Å². The Morgan fingerprint density at radius 1 is 1.41 bits per heavy atom. The third kappa shape index (κ3) is 5.19. The van der Waals surface area contributed by atoms with Crippen molar-refractivity contribution in [2.45, 2.75) is 6.42 Å². The monoisotopic (exact) mass is 409 g/mol. The third-order valence-electron chi connectivity index (χ3n) is 4.18. The number of carboxylic acids is 1. The highest BCUT2D eigenvalue weighted by molar-refractivity contribution is 7.14. The van der Waals surface area contributed by atoms with Gasteiger partial charge in [-0.25, -0.2) is 9.78 Å². The molecule has 0 bridgehead atoms. The molecule has 0 fully saturated rings. The van der Waals surface area contributed by atoms with Crippen molar-refractivity contribution in [3.05, 3.63) is 65.5 Å². The highest BCUT2D eigenvalue weighted by atomic mass is 32.1. The summed E-state index contributed by atoms with van der Waals surface area (Å²) in [6.07, 6.45) is 8.34. The van der Waals surface area contributed by atoms with Crippen molar-refractivity contribution >= 4 is 34.6 Å². The SMILES string of the molecule is NN=Cc1ccc(-c2csc(N(CCC(=O)O)C3=CCN(C=C=O)C=C3)n2)cc1. The van der Waals surface area contributed by atoms with Gasteiger partial charge in [0.1, 0.15) is 5.94 Å². The summed E-state index contributed by atoms with van der Waals surface area (Å²) in [7, 11) is 0. The van der Waals surface area contributed by atoms with Gasteiger partial charge in [0.2, 0.25) is 0 Å². The number of anilines is 1. The van der Waals surface area contributed by atoms with Crippen molar-refractivity contribution in [2.24, 2.45) is 10.9 Å². The maximum absolute atomic E-state index is 11.1. The lowest BCUT2D eigenvalue weighted by molar-refractivity contribution is -0.136. The fourth-order valence-electron chi connectivity index (χ4n) is 2.75. The molecule has 1 aromatic heterocycles. The van der Waals surface area contributed by atoms with Crippen LogP contribution in [0.4, 0.5) is 5.13 Å². The zero-order valence-corrected chi connectivity index (χ0v) is 16.2. The molecule has 9 heteroatoms. The van der Waals surface area contributed by atoms with E-state index in [0.717, 1.165) is 22.5 Å². The van der Waals surface area contributed by atoms with Crippen molar-refractivity contribution in [1.29, 1.82) is 0 Å². The molecule has 0 aliphatic carbocycles. The van der Waals surface area contributed by atoms with E-state index in [1.54, 1.807) is 23.3 Å². The number of nitrogens with two attached hydrogens (primary N) is 1. The van der Waals surface area contributed by atoms with Crippen LogP contribution in [-0.2, 0) is 9.59 Å². The number of thiazole rings is 1. The zero-order chi connectivity index (χ0) is 20.6. The van der Waals surface area contributed by atoms with Crippen LogP contribution in [0.25, 0.3) is 11.3 Å². The quantitative estimate of drug-likeness (QED) is 0.298. The summed E-state index contributed by atoms with van der Waals surface area (Å²) >= 11 is 1.44. The smallest absolute Gasteiger partial charge is 0.305 e. The summed E-state index contributed by atoms with van der Waals surface area (Å²) < 4.78 is 0. The number of rotatable bonds is 8. The first-order valence-corrected chi connectivity index (χ1v) is 9.62. The molecule has 0 atom stereocenters. The van der Waals surface area contributed by atoms with Crippen molar-refractivity contribution < 1.29 is 14.7 Å². The van der Waals surface area contributed by atoms with Gasteiger partial charge in [-0.1, -0.05) is 24.3 Å². The van der Waals surface area contributed by atoms with Gasteiger partial charge in [-0.05, 0) is 17.7 Å². The van der Waals surface area contributed by atoms with Crippen LogP contribution in [0.1, 0.15) is 12.0 Å². The number of aromatic nitrogens is 1. The van der Waals surface area contributed by atoms with Gasteiger partial charge in [-0.15, -0.1) is 11.3 Å². The molecule has 0 radical (unpaired) electrons. The van der Waals surface area contributed by atoms with E-state index in [1.807, 2.05) is 46.7 Å². The normalized spacial score (nSPS) is 13.2. The van der Waals surface area contributed by atoms with Crippen molar-refractivity contribution in [2.75, 3.05) is 18.0 Å². The summed E-state index contributed by atoms with van der Waals surface area (Å²) in [6, 6.07) is 7.66. The lowest BCUT2D eigenvalue weighted by Gasteiger charge is -2.26. The van der Waals surface area contributed by atoms with E-state index < -0.39 is 5.97 Å². The van der Waals surface area contributed by atoms with Gasteiger partial charge in [0.05, 0.1) is 24.5 Å². The molecule has 1 aliphatic rings. The summed E-state index contributed by atoms with van der Waals surface area (Å²) in [5.41, 5.74) is 3.46. The van der Waals surface area contributed by atoms with E-state index in [2.05, 4.69) is 5.10 Å². The number of aliphatic carboxylic acids is 1. The van der Waals surface area contributed by atoms with Crippen molar-refractivity contribution in [3.63, 3.8) is 0 Å². The van der Waals surface area contributed by atoms with Gasteiger partial charge in [0.25, 0.3) is 0 Å².